The Hall–Kier alpha value is -2.66. The standard InChI is InChI=1S/C14H9ClF3N5O2S/c1-4-2-6(14(16,17)18)21-13-7(4)9(10(26-13)11(19)24)22-12(25)8-5(15)3-20-23-8/h2-3H,1H3,(H2,19,24)(H,20,23)(H,22,25). The van der Waals surface area contributed by atoms with Gasteiger partial charge in [-0.25, -0.2) is 4.98 Å². The van der Waals surface area contributed by atoms with E-state index in [4.69, 9.17) is 17.3 Å². The number of H-pyrrole nitrogens is 1. The molecule has 3 aromatic heterocycles. The number of carbonyl (C=O) groups excluding carboxylic acids is 2. The van der Waals surface area contributed by atoms with Gasteiger partial charge in [0, 0.05) is 5.39 Å². The molecular weight excluding hydrogens is 395 g/mol. The van der Waals surface area contributed by atoms with Crippen LogP contribution in [0.1, 0.15) is 31.4 Å². The number of primary amides is 1. The van der Waals surface area contributed by atoms with Crippen molar-refractivity contribution in [2.75, 3.05) is 5.32 Å². The number of nitrogens with one attached hydrogen (secondary N) is 2. The molecule has 0 radical (unpaired) electrons. The number of aryl methyl sites for hydroxylation is 1. The highest BCUT2D eigenvalue weighted by molar-refractivity contribution is 7.21. The van der Waals surface area contributed by atoms with Crippen LogP contribution in [0.5, 0.6) is 0 Å². The molecule has 0 atom stereocenters. The maximum Gasteiger partial charge on any atom is 0.433 e. The molecule has 0 spiro atoms. The molecule has 0 aromatic carbocycles. The van der Waals surface area contributed by atoms with Crippen LogP contribution >= 0.6 is 22.9 Å². The normalized spacial score (nSPS) is 11.7. The number of thiophene rings is 1. The lowest BCUT2D eigenvalue weighted by molar-refractivity contribution is -0.141. The van der Waals surface area contributed by atoms with E-state index in [9.17, 15) is 22.8 Å². The van der Waals surface area contributed by atoms with Crippen molar-refractivity contribution in [1.29, 1.82) is 0 Å². The number of alkyl halides is 3. The molecule has 12 heteroatoms. The molecule has 7 nitrogen and oxygen atoms in total. The number of aromatic nitrogens is 3. The summed E-state index contributed by atoms with van der Waals surface area (Å²) in [6, 6.07) is 0.832. The third-order valence-electron chi connectivity index (χ3n) is 3.43. The Kier molecular flexibility index (Phi) is 4.36. The second-order valence-electron chi connectivity index (χ2n) is 5.22. The Balaban J connectivity index is 2.17. The number of halogens is 4. The zero-order valence-electron chi connectivity index (χ0n) is 12.9. The van der Waals surface area contributed by atoms with Gasteiger partial charge < -0.3 is 11.1 Å². The van der Waals surface area contributed by atoms with Crippen LogP contribution in [0.25, 0.3) is 10.2 Å². The summed E-state index contributed by atoms with van der Waals surface area (Å²) >= 11 is 6.48. The van der Waals surface area contributed by atoms with E-state index in [2.05, 4.69) is 20.5 Å². The number of hydrogen-bond donors (Lipinski definition) is 3. The Morgan fingerprint density at radius 2 is 2.08 bits per heavy atom. The van der Waals surface area contributed by atoms with Crippen molar-refractivity contribution in [3.63, 3.8) is 0 Å². The molecule has 0 saturated heterocycles. The lowest BCUT2D eigenvalue weighted by atomic mass is 10.1. The highest BCUT2D eigenvalue weighted by Crippen LogP contribution is 2.39. The molecule has 136 valence electrons. The highest BCUT2D eigenvalue weighted by Gasteiger charge is 2.34. The van der Waals surface area contributed by atoms with E-state index < -0.39 is 23.7 Å². The smallest absolute Gasteiger partial charge is 0.365 e. The quantitative estimate of drug-likeness (QED) is 0.622. The lowest BCUT2D eigenvalue weighted by Crippen LogP contribution is -2.17. The number of hydrogen-bond acceptors (Lipinski definition) is 5. The SMILES string of the molecule is Cc1cc(C(F)(F)F)nc2sc(C(N)=O)c(NC(=O)c3[nH]ncc3Cl)c12. The van der Waals surface area contributed by atoms with Gasteiger partial charge in [0.15, 0.2) is 0 Å². The van der Waals surface area contributed by atoms with Crippen LogP contribution < -0.4 is 11.1 Å². The van der Waals surface area contributed by atoms with E-state index in [0.717, 1.165) is 6.07 Å². The number of anilines is 1. The average molecular weight is 404 g/mol. The highest BCUT2D eigenvalue weighted by atomic mass is 35.5. The third-order valence-corrected chi connectivity index (χ3v) is 4.82. The van der Waals surface area contributed by atoms with Crippen LogP contribution in [-0.4, -0.2) is 27.0 Å². The summed E-state index contributed by atoms with van der Waals surface area (Å²) in [4.78, 5) is 27.4. The predicted octanol–water partition coefficient (Wildman–Crippen LogP) is 3.35. The van der Waals surface area contributed by atoms with Gasteiger partial charge in [-0.1, -0.05) is 11.6 Å². The second kappa shape index (κ2) is 6.25. The molecular formula is C14H9ClF3N5O2S. The van der Waals surface area contributed by atoms with Gasteiger partial charge in [0.2, 0.25) is 0 Å². The fraction of sp³-hybridized carbons (Fsp3) is 0.143. The van der Waals surface area contributed by atoms with Crippen molar-refractivity contribution in [2.45, 2.75) is 13.1 Å². The molecule has 0 aliphatic heterocycles. The number of aromatic amines is 1. The minimum absolute atomic E-state index is 0.0214. The van der Waals surface area contributed by atoms with E-state index in [1.54, 1.807) is 0 Å². The summed E-state index contributed by atoms with van der Waals surface area (Å²) in [6.07, 6.45) is -3.44. The van der Waals surface area contributed by atoms with E-state index in [1.165, 1.54) is 13.1 Å². The fourth-order valence-electron chi connectivity index (χ4n) is 2.33. The summed E-state index contributed by atoms with van der Waals surface area (Å²) in [5.41, 5.74) is 4.28. The number of amides is 2. The maximum absolute atomic E-state index is 13.0. The van der Waals surface area contributed by atoms with Gasteiger partial charge in [-0.15, -0.1) is 11.3 Å². The summed E-state index contributed by atoms with van der Waals surface area (Å²) < 4.78 is 38.9. The van der Waals surface area contributed by atoms with Gasteiger partial charge in [-0.05, 0) is 18.6 Å². The number of fused-ring (bicyclic) bond motifs is 1. The van der Waals surface area contributed by atoms with Crippen LogP contribution in [-0.2, 0) is 6.18 Å². The number of carbonyl (C=O) groups is 2. The molecule has 0 bridgehead atoms. The Bertz CT molecular complexity index is 1040. The third kappa shape index (κ3) is 3.10. The molecule has 0 unspecified atom stereocenters. The first kappa shape index (κ1) is 18.1. The molecule has 3 heterocycles. The molecule has 0 aliphatic rings. The van der Waals surface area contributed by atoms with Crippen molar-refractivity contribution in [3.05, 3.63) is 39.1 Å². The number of rotatable bonds is 3. The molecule has 0 aliphatic carbocycles. The maximum atomic E-state index is 13.0. The van der Waals surface area contributed by atoms with Crippen molar-refractivity contribution in [1.82, 2.24) is 15.2 Å². The number of nitrogens with zero attached hydrogens (tertiary/aromatic N) is 2. The molecule has 0 fully saturated rings. The van der Waals surface area contributed by atoms with Crippen LogP contribution in [0.3, 0.4) is 0 Å². The molecule has 0 saturated carbocycles. The zero-order valence-corrected chi connectivity index (χ0v) is 14.4. The molecule has 3 aromatic rings. The van der Waals surface area contributed by atoms with Crippen molar-refractivity contribution < 1.29 is 22.8 Å². The Labute approximate surface area is 152 Å². The van der Waals surface area contributed by atoms with E-state index >= 15 is 0 Å². The minimum atomic E-state index is -4.65. The van der Waals surface area contributed by atoms with Gasteiger partial charge in [-0.3, -0.25) is 14.7 Å². The monoisotopic (exact) mass is 403 g/mol. The number of pyridine rings is 1. The van der Waals surface area contributed by atoms with Gasteiger partial charge >= 0.3 is 6.18 Å². The van der Waals surface area contributed by atoms with Gasteiger partial charge in [0.1, 0.15) is 21.1 Å². The lowest BCUT2D eigenvalue weighted by Gasteiger charge is -2.09. The summed E-state index contributed by atoms with van der Waals surface area (Å²) in [5.74, 6) is -1.64. The van der Waals surface area contributed by atoms with Crippen molar-refractivity contribution >= 4 is 50.7 Å². The van der Waals surface area contributed by atoms with Crippen LogP contribution in [0.2, 0.25) is 5.02 Å². The Morgan fingerprint density at radius 3 is 2.62 bits per heavy atom. The fourth-order valence-corrected chi connectivity index (χ4v) is 3.56. The molecule has 3 rings (SSSR count). The van der Waals surface area contributed by atoms with Crippen LogP contribution in [0.15, 0.2) is 12.3 Å². The summed E-state index contributed by atoms with van der Waals surface area (Å²) in [7, 11) is 0. The van der Waals surface area contributed by atoms with E-state index in [1.807, 2.05) is 0 Å². The van der Waals surface area contributed by atoms with E-state index in [0.29, 0.717) is 11.3 Å². The van der Waals surface area contributed by atoms with Crippen molar-refractivity contribution in [2.24, 2.45) is 5.73 Å². The molecule has 26 heavy (non-hydrogen) atoms. The number of nitrogens with two attached hydrogens (primary N) is 1. The van der Waals surface area contributed by atoms with Gasteiger partial charge in [0.25, 0.3) is 11.8 Å². The molecule has 2 amide bonds. The predicted molar refractivity (Wildman–Crippen MR) is 89.4 cm³/mol. The summed E-state index contributed by atoms with van der Waals surface area (Å²) in [6.45, 7) is 1.41. The van der Waals surface area contributed by atoms with Gasteiger partial charge in [-0.2, -0.15) is 18.3 Å². The first-order valence-electron chi connectivity index (χ1n) is 6.91. The van der Waals surface area contributed by atoms with Crippen molar-refractivity contribution in [3.8, 4) is 0 Å². The first-order chi connectivity index (χ1) is 12.1. The summed E-state index contributed by atoms with van der Waals surface area (Å²) in [5, 5.41) is 8.68. The largest absolute Gasteiger partial charge is 0.433 e. The second-order valence-corrected chi connectivity index (χ2v) is 6.63. The minimum Gasteiger partial charge on any atom is -0.365 e. The first-order valence-corrected chi connectivity index (χ1v) is 8.10. The molecule has 4 N–H and O–H groups in total. The average Bonchev–Trinajstić information content (AvgIpc) is 3.10. The van der Waals surface area contributed by atoms with Crippen LogP contribution in [0.4, 0.5) is 18.9 Å². The van der Waals surface area contributed by atoms with Gasteiger partial charge in [0.05, 0.1) is 16.9 Å². The van der Waals surface area contributed by atoms with E-state index in [-0.39, 0.29) is 37.1 Å². The zero-order chi connectivity index (χ0) is 19.2. The topological polar surface area (TPSA) is 114 Å². The Morgan fingerprint density at radius 1 is 1.38 bits per heavy atom. The van der Waals surface area contributed by atoms with Crippen LogP contribution in [0, 0.1) is 6.92 Å².